The van der Waals surface area contributed by atoms with E-state index in [2.05, 4.69) is 19.2 Å². The molecule has 80 valence electrons. The zero-order chi connectivity index (χ0) is 11.3. The Kier molecular flexibility index (Phi) is 4.26. The lowest BCUT2D eigenvalue weighted by molar-refractivity contribution is 0.517. The molecular formula is C12H15FN2. The Bertz CT molecular complexity index is 368. The smallest absolute Gasteiger partial charge is 0.129 e. The van der Waals surface area contributed by atoms with E-state index in [1.807, 2.05) is 6.07 Å². The quantitative estimate of drug-likeness (QED) is 0.821. The molecule has 1 aromatic carbocycles. The molecule has 15 heavy (non-hydrogen) atoms. The van der Waals surface area contributed by atoms with Crippen LogP contribution in [0.25, 0.3) is 0 Å². The van der Waals surface area contributed by atoms with Crippen molar-refractivity contribution in [3.8, 4) is 6.07 Å². The number of halogens is 1. The largest absolute Gasteiger partial charge is 0.310 e. The van der Waals surface area contributed by atoms with Crippen molar-refractivity contribution in [1.82, 2.24) is 5.32 Å². The average molecular weight is 206 g/mol. The highest BCUT2D eigenvalue weighted by Gasteiger charge is 2.04. The fraction of sp³-hybridized carbons (Fsp3) is 0.417. The lowest BCUT2D eigenvalue weighted by atomic mass is 10.1. The fourth-order valence-electron chi connectivity index (χ4n) is 1.19. The molecule has 0 aliphatic carbocycles. The van der Waals surface area contributed by atoms with Crippen LogP contribution in [-0.4, -0.2) is 6.04 Å². The number of hydrogen-bond donors (Lipinski definition) is 1. The molecule has 0 bridgehead atoms. The molecule has 0 spiro atoms. The van der Waals surface area contributed by atoms with Crippen LogP contribution < -0.4 is 5.32 Å². The van der Waals surface area contributed by atoms with Crippen molar-refractivity contribution in [1.29, 1.82) is 5.26 Å². The van der Waals surface area contributed by atoms with Gasteiger partial charge in [0.05, 0.1) is 11.6 Å². The van der Waals surface area contributed by atoms with Gasteiger partial charge in [0.15, 0.2) is 0 Å². The third kappa shape index (κ3) is 3.34. The van der Waals surface area contributed by atoms with Crippen LogP contribution in [0.5, 0.6) is 0 Å². The first-order valence-electron chi connectivity index (χ1n) is 5.09. The molecule has 3 heteroatoms. The van der Waals surface area contributed by atoms with Crippen LogP contribution in [0.2, 0.25) is 0 Å². The van der Waals surface area contributed by atoms with Gasteiger partial charge in [-0.1, -0.05) is 13.0 Å². The predicted octanol–water partition coefficient (Wildman–Crippen LogP) is 2.59. The molecule has 2 nitrogen and oxygen atoms in total. The molecule has 0 heterocycles. The molecule has 0 radical (unpaired) electrons. The molecule has 0 aromatic heterocycles. The van der Waals surface area contributed by atoms with Gasteiger partial charge in [0.2, 0.25) is 0 Å². The van der Waals surface area contributed by atoms with Gasteiger partial charge in [-0.25, -0.2) is 4.39 Å². The fourth-order valence-corrected chi connectivity index (χ4v) is 1.19. The Morgan fingerprint density at radius 1 is 1.53 bits per heavy atom. The summed E-state index contributed by atoms with van der Waals surface area (Å²) in [6, 6.07) is 6.85. The van der Waals surface area contributed by atoms with Crippen molar-refractivity contribution in [3.63, 3.8) is 0 Å². The maximum absolute atomic E-state index is 13.4. The SMILES string of the molecule is CCC(C)NCc1ccc(C#N)cc1F. The van der Waals surface area contributed by atoms with Gasteiger partial charge in [-0.2, -0.15) is 5.26 Å². The third-order valence-corrected chi connectivity index (χ3v) is 2.44. The number of hydrogen-bond acceptors (Lipinski definition) is 2. The first kappa shape index (κ1) is 11.7. The Balaban J connectivity index is 2.67. The summed E-state index contributed by atoms with van der Waals surface area (Å²) < 4.78 is 13.4. The van der Waals surface area contributed by atoms with E-state index < -0.39 is 0 Å². The summed E-state index contributed by atoms with van der Waals surface area (Å²) in [5.74, 6) is -0.315. The Labute approximate surface area is 89.7 Å². The van der Waals surface area contributed by atoms with Gasteiger partial charge in [0.1, 0.15) is 5.82 Å². The topological polar surface area (TPSA) is 35.8 Å². The van der Waals surface area contributed by atoms with Gasteiger partial charge >= 0.3 is 0 Å². The summed E-state index contributed by atoms with van der Waals surface area (Å²) in [5, 5.41) is 11.8. The van der Waals surface area contributed by atoms with E-state index in [9.17, 15) is 4.39 Å². The maximum Gasteiger partial charge on any atom is 0.129 e. The zero-order valence-electron chi connectivity index (χ0n) is 9.05. The highest BCUT2D eigenvalue weighted by molar-refractivity contribution is 5.32. The second kappa shape index (κ2) is 5.47. The average Bonchev–Trinajstić information content (AvgIpc) is 2.26. The minimum atomic E-state index is -0.315. The Morgan fingerprint density at radius 3 is 2.80 bits per heavy atom. The summed E-state index contributed by atoms with van der Waals surface area (Å²) in [6.07, 6.45) is 1.01. The molecular weight excluding hydrogens is 191 g/mol. The van der Waals surface area contributed by atoms with Gasteiger partial charge in [-0.3, -0.25) is 0 Å². The minimum absolute atomic E-state index is 0.315. The molecule has 1 rings (SSSR count). The minimum Gasteiger partial charge on any atom is -0.310 e. The van der Waals surface area contributed by atoms with Crippen molar-refractivity contribution in [3.05, 3.63) is 35.1 Å². The lowest BCUT2D eigenvalue weighted by Crippen LogP contribution is -2.24. The molecule has 0 aliphatic rings. The van der Waals surface area contributed by atoms with E-state index in [0.29, 0.717) is 23.7 Å². The molecule has 1 aromatic rings. The molecule has 0 saturated heterocycles. The zero-order valence-corrected chi connectivity index (χ0v) is 9.05. The van der Waals surface area contributed by atoms with E-state index in [1.165, 1.54) is 6.07 Å². The molecule has 0 saturated carbocycles. The molecule has 0 aliphatic heterocycles. The normalized spacial score (nSPS) is 12.1. The van der Waals surface area contributed by atoms with Crippen molar-refractivity contribution >= 4 is 0 Å². The number of benzene rings is 1. The number of nitriles is 1. The number of rotatable bonds is 4. The molecule has 1 unspecified atom stereocenters. The summed E-state index contributed by atoms with van der Waals surface area (Å²) in [6.45, 7) is 4.64. The Morgan fingerprint density at radius 2 is 2.27 bits per heavy atom. The summed E-state index contributed by atoms with van der Waals surface area (Å²) >= 11 is 0. The van der Waals surface area contributed by atoms with Gasteiger partial charge in [-0.05, 0) is 25.5 Å². The van der Waals surface area contributed by atoms with Crippen LogP contribution >= 0.6 is 0 Å². The maximum atomic E-state index is 13.4. The van der Waals surface area contributed by atoms with Gasteiger partial charge in [0.25, 0.3) is 0 Å². The van der Waals surface area contributed by atoms with Crippen molar-refractivity contribution in [2.75, 3.05) is 0 Å². The summed E-state index contributed by atoms with van der Waals surface area (Å²) in [5.41, 5.74) is 0.967. The number of nitrogens with zero attached hydrogens (tertiary/aromatic N) is 1. The van der Waals surface area contributed by atoms with E-state index in [0.717, 1.165) is 6.42 Å². The second-order valence-electron chi connectivity index (χ2n) is 3.61. The van der Waals surface area contributed by atoms with Crippen molar-refractivity contribution in [2.24, 2.45) is 0 Å². The second-order valence-corrected chi connectivity index (χ2v) is 3.61. The van der Waals surface area contributed by atoms with Gasteiger partial charge in [0, 0.05) is 18.2 Å². The van der Waals surface area contributed by atoms with Crippen molar-refractivity contribution in [2.45, 2.75) is 32.9 Å². The van der Waals surface area contributed by atoms with Crippen LogP contribution in [0.1, 0.15) is 31.4 Å². The first-order valence-corrected chi connectivity index (χ1v) is 5.09. The van der Waals surface area contributed by atoms with Crippen LogP contribution in [0.4, 0.5) is 4.39 Å². The summed E-state index contributed by atoms with van der Waals surface area (Å²) in [7, 11) is 0. The molecule has 1 atom stereocenters. The highest BCUT2D eigenvalue weighted by atomic mass is 19.1. The Hall–Kier alpha value is -1.40. The van der Waals surface area contributed by atoms with E-state index in [-0.39, 0.29) is 5.82 Å². The van der Waals surface area contributed by atoms with E-state index in [1.54, 1.807) is 12.1 Å². The van der Waals surface area contributed by atoms with E-state index >= 15 is 0 Å². The van der Waals surface area contributed by atoms with Gasteiger partial charge in [-0.15, -0.1) is 0 Å². The molecule has 1 N–H and O–H groups in total. The van der Waals surface area contributed by atoms with Crippen LogP contribution in [-0.2, 0) is 6.54 Å². The van der Waals surface area contributed by atoms with Crippen LogP contribution in [0, 0.1) is 17.1 Å². The van der Waals surface area contributed by atoms with Crippen LogP contribution in [0.3, 0.4) is 0 Å². The summed E-state index contributed by atoms with van der Waals surface area (Å²) in [4.78, 5) is 0. The van der Waals surface area contributed by atoms with Crippen LogP contribution in [0.15, 0.2) is 18.2 Å². The highest BCUT2D eigenvalue weighted by Crippen LogP contribution is 2.10. The standard InChI is InChI=1S/C12H15FN2/c1-3-9(2)15-8-11-5-4-10(7-14)6-12(11)13/h4-6,9,15H,3,8H2,1-2H3. The van der Waals surface area contributed by atoms with E-state index in [4.69, 9.17) is 5.26 Å². The lowest BCUT2D eigenvalue weighted by Gasteiger charge is -2.11. The monoisotopic (exact) mass is 206 g/mol. The number of nitrogens with one attached hydrogen (secondary N) is 1. The van der Waals surface area contributed by atoms with Crippen molar-refractivity contribution < 1.29 is 4.39 Å². The first-order chi connectivity index (χ1) is 7.17. The molecule has 0 fully saturated rings. The predicted molar refractivity (Wildman–Crippen MR) is 57.7 cm³/mol. The molecule has 0 amide bonds. The van der Waals surface area contributed by atoms with Gasteiger partial charge < -0.3 is 5.32 Å². The third-order valence-electron chi connectivity index (χ3n) is 2.44.